The number of nitrogens with one attached hydrogen (secondary N) is 2. The molecule has 1 atom stereocenters. The summed E-state index contributed by atoms with van der Waals surface area (Å²) >= 11 is 0. The third-order valence-corrected chi connectivity index (χ3v) is 5.11. The van der Waals surface area contributed by atoms with E-state index in [4.69, 9.17) is 4.74 Å². The fraction of sp³-hybridized carbons (Fsp3) is 0.455. The van der Waals surface area contributed by atoms with Crippen LogP contribution in [0, 0.1) is 0 Å². The molecule has 0 aliphatic heterocycles. The zero-order valence-electron chi connectivity index (χ0n) is 16.5. The van der Waals surface area contributed by atoms with Crippen molar-refractivity contribution in [1.82, 2.24) is 15.6 Å². The number of aliphatic imine (C=N–C) groups is 1. The van der Waals surface area contributed by atoms with Crippen molar-refractivity contribution in [2.75, 3.05) is 20.2 Å². The van der Waals surface area contributed by atoms with Crippen LogP contribution in [0.2, 0.25) is 0 Å². The second kappa shape index (κ2) is 10.7. The van der Waals surface area contributed by atoms with Gasteiger partial charge in [-0.15, -0.1) is 0 Å². The maximum atomic E-state index is 9.72. The summed E-state index contributed by atoms with van der Waals surface area (Å²) in [7, 11) is 1.74. The predicted octanol–water partition coefficient (Wildman–Crippen LogP) is 2.84. The first-order valence-electron chi connectivity index (χ1n) is 10.0. The minimum absolute atomic E-state index is 0.0133. The SMILES string of the molecule is CN=C(NCc1cccnc1OC1CCCC1)NCC(CO)c1ccccc1. The highest BCUT2D eigenvalue weighted by atomic mass is 16.5. The molecule has 1 fully saturated rings. The van der Waals surface area contributed by atoms with Gasteiger partial charge in [-0.25, -0.2) is 4.98 Å². The zero-order chi connectivity index (χ0) is 19.6. The number of aromatic nitrogens is 1. The largest absolute Gasteiger partial charge is 0.474 e. The van der Waals surface area contributed by atoms with Crippen molar-refractivity contribution in [3.05, 3.63) is 59.8 Å². The van der Waals surface area contributed by atoms with Crippen LogP contribution >= 0.6 is 0 Å². The Morgan fingerprint density at radius 1 is 1.18 bits per heavy atom. The molecule has 150 valence electrons. The third-order valence-electron chi connectivity index (χ3n) is 5.11. The van der Waals surface area contributed by atoms with E-state index in [2.05, 4.69) is 20.6 Å². The Balaban J connectivity index is 1.54. The van der Waals surface area contributed by atoms with E-state index in [-0.39, 0.29) is 18.6 Å². The molecule has 1 aromatic heterocycles. The molecular formula is C22H30N4O2. The Bertz CT molecular complexity index is 745. The normalized spacial score (nSPS) is 16.0. The summed E-state index contributed by atoms with van der Waals surface area (Å²) in [6, 6.07) is 14.0. The molecule has 1 unspecified atom stereocenters. The molecule has 0 radical (unpaired) electrons. The van der Waals surface area contributed by atoms with Gasteiger partial charge in [0.1, 0.15) is 6.10 Å². The summed E-state index contributed by atoms with van der Waals surface area (Å²) in [5, 5.41) is 16.3. The van der Waals surface area contributed by atoms with Crippen LogP contribution in [0.4, 0.5) is 0 Å². The third kappa shape index (κ3) is 5.70. The maximum Gasteiger partial charge on any atom is 0.218 e. The van der Waals surface area contributed by atoms with Crippen molar-refractivity contribution in [1.29, 1.82) is 0 Å². The van der Waals surface area contributed by atoms with Gasteiger partial charge in [-0.3, -0.25) is 4.99 Å². The van der Waals surface area contributed by atoms with E-state index in [1.807, 2.05) is 42.5 Å². The van der Waals surface area contributed by atoms with Crippen molar-refractivity contribution in [3.63, 3.8) is 0 Å². The monoisotopic (exact) mass is 382 g/mol. The summed E-state index contributed by atoms with van der Waals surface area (Å²) in [4.78, 5) is 8.71. The second-order valence-electron chi connectivity index (χ2n) is 7.09. The van der Waals surface area contributed by atoms with Crippen molar-refractivity contribution >= 4 is 5.96 Å². The fourth-order valence-electron chi connectivity index (χ4n) is 3.46. The smallest absolute Gasteiger partial charge is 0.218 e. The number of hydrogen-bond acceptors (Lipinski definition) is 4. The van der Waals surface area contributed by atoms with Crippen molar-refractivity contribution < 1.29 is 9.84 Å². The Morgan fingerprint density at radius 2 is 1.96 bits per heavy atom. The van der Waals surface area contributed by atoms with Gasteiger partial charge >= 0.3 is 0 Å². The fourth-order valence-corrected chi connectivity index (χ4v) is 3.46. The average molecular weight is 383 g/mol. The van der Waals surface area contributed by atoms with Gasteiger partial charge < -0.3 is 20.5 Å². The van der Waals surface area contributed by atoms with Crippen LogP contribution in [0.25, 0.3) is 0 Å². The van der Waals surface area contributed by atoms with E-state index in [1.165, 1.54) is 12.8 Å². The van der Waals surface area contributed by atoms with Crippen LogP contribution in [-0.4, -0.2) is 42.4 Å². The highest BCUT2D eigenvalue weighted by Gasteiger charge is 2.18. The molecule has 6 heteroatoms. The molecule has 6 nitrogen and oxygen atoms in total. The number of rotatable bonds is 8. The number of nitrogens with zero attached hydrogens (tertiary/aromatic N) is 2. The summed E-state index contributed by atoms with van der Waals surface area (Å²) in [5.41, 5.74) is 2.12. The van der Waals surface area contributed by atoms with Gasteiger partial charge in [0.25, 0.3) is 0 Å². The van der Waals surface area contributed by atoms with Gasteiger partial charge in [0.15, 0.2) is 5.96 Å². The molecule has 28 heavy (non-hydrogen) atoms. The quantitative estimate of drug-likeness (QED) is 0.483. The van der Waals surface area contributed by atoms with Crippen molar-refractivity contribution in [3.8, 4) is 5.88 Å². The molecule has 0 amide bonds. The van der Waals surface area contributed by atoms with E-state index in [0.29, 0.717) is 24.9 Å². The van der Waals surface area contributed by atoms with E-state index in [0.717, 1.165) is 24.0 Å². The van der Waals surface area contributed by atoms with Crippen molar-refractivity contribution in [2.45, 2.75) is 44.2 Å². The lowest BCUT2D eigenvalue weighted by atomic mass is 10.0. The zero-order valence-corrected chi connectivity index (χ0v) is 16.5. The van der Waals surface area contributed by atoms with Crippen LogP contribution in [-0.2, 0) is 6.54 Å². The second-order valence-corrected chi connectivity index (χ2v) is 7.09. The Labute approximate surface area is 167 Å². The van der Waals surface area contributed by atoms with Crippen LogP contribution < -0.4 is 15.4 Å². The first-order valence-corrected chi connectivity index (χ1v) is 10.0. The van der Waals surface area contributed by atoms with Crippen LogP contribution in [0.3, 0.4) is 0 Å². The number of guanidine groups is 1. The summed E-state index contributed by atoms with van der Waals surface area (Å²) in [6.45, 7) is 1.25. The maximum absolute atomic E-state index is 9.72. The number of pyridine rings is 1. The molecule has 0 bridgehead atoms. The lowest BCUT2D eigenvalue weighted by Crippen LogP contribution is -2.39. The number of hydrogen-bond donors (Lipinski definition) is 3. The van der Waals surface area contributed by atoms with Gasteiger partial charge in [-0.05, 0) is 37.3 Å². The van der Waals surface area contributed by atoms with Crippen LogP contribution in [0.1, 0.15) is 42.7 Å². The van der Waals surface area contributed by atoms with Crippen LogP contribution in [0.15, 0.2) is 53.7 Å². The van der Waals surface area contributed by atoms with Gasteiger partial charge in [-0.2, -0.15) is 0 Å². The van der Waals surface area contributed by atoms with Gasteiger partial charge in [0.05, 0.1) is 6.61 Å². The van der Waals surface area contributed by atoms with Crippen molar-refractivity contribution in [2.24, 2.45) is 4.99 Å². The minimum atomic E-state index is 0.0133. The highest BCUT2D eigenvalue weighted by molar-refractivity contribution is 5.79. The Morgan fingerprint density at radius 3 is 2.68 bits per heavy atom. The van der Waals surface area contributed by atoms with Crippen LogP contribution in [0.5, 0.6) is 5.88 Å². The average Bonchev–Trinajstić information content (AvgIpc) is 3.25. The molecular weight excluding hydrogens is 352 g/mol. The molecule has 3 rings (SSSR count). The molecule has 1 aliphatic rings. The molecule has 1 aromatic carbocycles. The predicted molar refractivity (Wildman–Crippen MR) is 112 cm³/mol. The van der Waals surface area contributed by atoms with Gasteiger partial charge in [0, 0.05) is 37.8 Å². The number of benzene rings is 1. The first-order chi connectivity index (χ1) is 13.8. The lowest BCUT2D eigenvalue weighted by molar-refractivity contribution is 0.199. The molecule has 2 aromatic rings. The van der Waals surface area contributed by atoms with E-state index < -0.39 is 0 Å². The summed E-state index contributed by atoms with van der Waals surface area (Å²) < 4.78 is 6.10. The molecule has 1 heterocycles. The van der Waals surface area contributed by atoms with Gasteiger partial charge in [-0.1, -0.05) is 36.4 Å². The number of aliphatic hydroxyl groups excluding tert-OH is 1. The molecule has 3 N–H and O–H groups in total. The van der Waals surface area contributed by atoms with Gasteiger partial charge in [0.2, 0.25) is 5.88 Å². The molecule has 0 saturated heterocycles. The summed E-state index contributed by atoms with van der Waals surface area (Å²) in [6.07, 6.45) is 6.72. The Kier molecular flexibility index (Phi) is 7.67. The summed E-state index contributed by atoms with van der Waals surface area (Å²) in [5.74, 6) is 1.40. The lowest BCUT2D eigenvalue weighted by Gasteiger charge is -2.19. The molecule has 1 saturated carbocycles. The highest BCUT2D eigenvalue weighted by Crippen LogP contribution is 2.24. The molecule has 0 spiro atoms. The number of ether oxygens (including phenoxy) is 1. The number of aliphatic hydroxyl groups is 1. The Hall–Kier alpha value is -2.60. The molecule has 1 aliphatic carbocycles. The van der Waals surface area contributed by atoms with E-state index >= 15 is 0 Å². The standard InChI is InChI=1S/C22H30N4O2/c1-23-22(26-15-19(16-27)17-8-3-2-4-9-17)25-14-18-10-7-13-24-21(18)28-20-11-5-6-12-20/h2-4,7-10,13,19-20,27H,5-6,11-12,14-16H2,1H3,(H2,23,25,26). The minimum Gasteiger partial charge on any atom is -0.474 e. The first kappa shape index (κ1) is 20.1. The van der Waals surface area contributed by atoms with E-state index in [9.17, 15) is 5.11 Å². The topological polar surface area (TPSA) is 78.8 Å². The van der Waals surface area contributed by atoms with E-state index in [1.54, 1.807) is 13.2 Å².